The van der Waals surface area contributed by atoms with Gasteiger partial charge in [0.1, 0.15) is 11.6 Å². The average Bonchev–Trinajstić information content (AvgIpc) is 2.67. The number of aromatic carboxylic acids is 1. The van der Waals surface area contributed by atoms with Crippen LogP contribution in [-0.2, 0) is 5.75 Å². The molecule has 3 aromatic rings. The molecule has 8 heteroatoms. The van der Waals surface area contributed by atoms with Crippen molar-refractivity contribution >= 4 is 40.8 Å². The minimum atomic E-state index is -1.06. The van der Waals surface area contributed by atoms with E-state index in [2.05, 4.69) is 15.3 Å². The van der Waals surface area contributed by atoms with Gasteiger partial charge in [0, 0.05) is 22.5 Å². The summed E-state index contributed by atoms with van der Waals surface area (Å²) in [6.45, 7) is 1.86. The molecular weight excluding hydrogens is 398 g/mol. The average molecular weight is 416 g/mol. The van der Waals surface area contributed by atoms with Crippen LogP contribution in [0.5, 0.6) is 5.75 Å². The molecule has 0 radical (unpaired) electrons. The summed E-state index contributed by atoms with van der Waals surface area (Å²) in [5.74, 6) is 0.561. The van der Waals surface area contributed by atoms with E-state index in [0.29, 0.717) is 33.2 Å². The molecule has 0 fully saturated rings. The number of anilines is 2. The summed E-state index contributed by atoms with van der Waals surface area (Å²) in [4.78, 5) is 20.5. The lowest BCUT2D eigenvalue weighted by molar-refractivity contribution is 0.0697. The Balaban J connectivity index is 1.82. The molecule has 0 atom stereocenters. The van der Waals surface area contributed by atoms with E-state index in [9.17, 15) is 9.90 Å². The number of nitrogens with zero attached hydrogens (tertiary/aromatic N) is 2. The van der Waals surface area contributed by atoms with Crippen LogP contribution in [0, 0.1) is 6.92 Å². The fourth-order valence-electron chi connectivity index (χ4n) is 2.50. The van der Waals surface area contributed by atoms with Crippen LogP contribution in [-0.4, -0.2) is 28.2 Å². The number of hydrogen-bond acceptors (Lipinski definition) is 6. The van der Waals surface area contributed by atoms with Crippen LogP contribution < -0.4 is 10.1 Å². The molecule has 0 saturated carbocycles. The van der Waals surface area contributed by atoms with Gasteiger partial charge in [-0.05, 0) is 36.8 Å². The summed E-state index contributed by atoms with van der Waals surface area (Å²) < 4.78 is 5.10. The van der Waals surface area contributed by atoms with Crippen LogP contribution in [0.2, 0.25) is 5.02 Å². The van der Waals surface area contributed by atoms with E-state index >= 15 is 0 Å². The molecule has 1 heterocycles. The Morgan fingerprint density at radius 2 is 2.00 bits per heavy atom. The summed E-state index contributed by atoms with van der Waals surface area (Å²) in [7, 11) is 1.49. The molecule has 0 unspecified atom stereocenters. The Morgan fingerprint density at radius 1 is 1.21 bits per heavy atom. The molecule has 2 aromatic carbocycles. The number of aromatic nitrogens is 2. The molecule has 3 rings (SSSR count). The van der Waals surface area contributed by atoms with E-state index in [4.69, 9.17) is 16.3 Å². The maximum Gasteiger partial charge on any atom is 0.337 e. The Morgan fingerprint density at radius 3 is 2.71 bits per heavy atom. The zero-order valence-corrected chi connectivity index (χ0v) is 16.8. The molecule has 1 aromatic heterocycles. The number of halogens is 1. The van der Waals surface area contributed by atoms with Crippen LogP contribution >= 0.6 is 23.4 Å². The predicted octanol–water partition coefficient (Wildman–Crippen LogP) is 5.18. The highest BCUT2D eigenvalue weighted by Crippen LogP contribution is 2.28. The molecule has 0 saturated heterocycles. The maximum absolute atomic E-state index is 11.6. The summed E-state index contributed by atoms with van der Waals surface area (Å²) in [5, 5.41) is 13.8. The van der Waals surface area contributed by atoms with Gasteiger partial charge in [0.05, 0.1) is 18.4 Å². The zero-order chi connectivity index (χ0) is 20.1. The smallest absolute Gasteiger partial charge is 0.337 e. The van der Waals surface area contributed by atoms with Gasteiger partial charge in [0.25, 0.3) is 0 Å². The van der Waals surface area contributed by atoms with Crippen LogP contribution in [0.4, 0.5) is 11.5 Å². The summed E-state index contributed by atoms with van der Waals surface area (Å²) in [5.41, 5.74) is 2.29. The molecule has 0 aliphatic heterocycles. The van der Waals surface area contributed by atoms with Gasteiger partial charge >= 0.3 is 5.97 Å². The van der Waals surface area contributed by atoms with Crippen molar-refractivity contribution in [3.63, 3.8) is 0 Å². The fraction of sp³-hybridized carbons (Fsp3) is 0.150. The largest absolute Gasteiger partial charge is 0.497 e. The van der Waals surface area contributed by atoms with Crippen LogP contribution in [0.15, 0.2) is 53.7 Å². The Bertz CT molecular complexity index is 1010. The van der Waals surface area contributed by atoms with Crippen LogP contribution in [0.25, 0.3) is 0 Å². The number of hydrogen-bond donors (Lipinski definition) is 2. The Kier molecular flexibility index (Phi) is 6.38. The van der Waals surface area contributed by atoms with Crippen molar-refractivity contribution in [2.75, 3.05) is 12.4 Å². The number of thioether (sulfide) groups is 1. The zero-order valence-electron chi connectivity index (χ0n) is 15.3. The summed E-state index contributed by atoms with van der Waals surface area (Å²) >= 11 is 7.66. The number of nitrogens with one attached hydrogen (secondary N) is 1. The van der Waals surface area contributed by atoms with Gasteiger partial charge in [-0.1, -0.05) is 41.6 Å². The highest BCUT2D eigenvalue weighted by molar-refractivity contribution is 7.98. The molecule has 6 nitrogen and oxygen atoms in total. The standard InChI is InChI=1S/C20H18ClN3O3S/c1-12-9-18(23-17-8-7-14(27-2)10-15(17)19(25)26)24-20(22-12)28-11-13-5-3-4-6-16(13)21/h3-10H,11H2,1-2H3,(H,25,26)(H,22,23,24). The number of carboxylic acid groups (broad SMARTS) is 1. The number of carbonyl (C=O) groups is 1. The van der Waals surface area contributed by atoms with Gasteiger partial charge in [0.15, 0.2) is 5.16 Å². The molecule has 0 amide bonds. The van der Waals surface area contributed by atoms with Gasteiger partial charge in [-0.3, -0.25) is 0 Å². The van der Waals surface area contributed by atoms with Crippen molar-refractivity contribution in [2.45, 2.75) is 17.8 Å². The first-order valence-corrected chi connectivity index (χ1v) is 9.73. The van der Waals surface area contributed by atoms with Crippen LogP contribution in [0.1, 0.15) is 21.6 Å². The minimum absolute atomic E-state index is 0.0980. The third-order valence-corrected chi connectivity index (χ3v) is 5.13. The number of ether oxygens (including phenoxy) is 1. The number of methoxy groups -OCH3 is 1. The van der Waals surface area contributed by atoms with E-state index in [-0.39, 0.29) is 5.56 Å². The van der Waals surface area contributed by atoms with Gasteiger partial charge in [-0.15, -0.1) is 0 Å². The highest BCUT2D eigenvalue weighted by Gasteiger charge is 2.13. The molecule has 0 aliphatic rings. The van der Waals surface area contributed by atoms with Crippen molar-refractivity contribution in [2.24, 2.45) is 0 Å². The third-order valence-electron chi connectivity index (χ3n) is 3.87. The normalized spacial score (nSPS) is 10.5. The molecule has 0 aliphatic carbocycles. The quantitative estimate of drug-likeness (QED) is 0.406. The van der Waals surface area contributed by atoms with E-state index in [1.54, 1.807) is 18.2 Å². The van der Waals surface area contributed by atoms with Gasteiger partial charge in [-0.25, -0.2) is 14.8 Å². The lowest BCUT2D eigenvalue weighted by Gasteiger charge is -2.12. The number of benzene rings is 2. The van der Waals surface area contributed by atoms with Crippen molar-refractivity contribution in [1.82, 2.24) is 9.97 Å². The van der Waals surface area contributed by atoms with E-state index in [0.717, 1.165) is 11.3 Å². The first kappa shape index (κ1) is 20.0. The summed E-state index contributed by atoms with van der Waals surface area (Å²) in [6.07, 6.45) is 0. The SMILES string of the molecule is COc1ccc(Nc2cc(C)nc(SCc3ccccc3Cl)n2)c(C(=O)O)c1. The van der Waals surface area contributed by atoms with Crippen LogP contribution in [0.3, 0.4) is 0 Å². The molecule has 0 spiro atoms. The Hall–Kier alpha value is -2.77. The van der Waals surface area contributed by atoms with E-state index < -0.39 is 5.97 Å². The third kappa shape index (κ3) is 4.94. The molecular formula is C20H18ClN3O3S. The molecule has 0 bridgehead atoms. The summed E-state index contributed by atoms with van der Waals surface area (Å²) in [6, 6.07) is 14.2. The van der Waals surface area contributed by atoms with E-state index in [1.165, 1.54) is 24.9 Å². The highest BCUT2D eigenvalue weighted by atomic mass is 35.5. The second-order valence-electron chi connectivity index (χ2n) is 5.90. The predicted molar refractivity (Wildman–Crippen MR) is 111 cm³/mol. The number of rotatable bonds is 7. The van der Waals surface area contributed by atoms with E-state index in [1.807, 2.05) is 31.2 Å². The lowest BCUT2D eigenvalue weighted by atomic mass is 10.1. The molecule has 28 heavy (non-hydrogen) atoms. The molecule has 2 N–H and O–H groups in total. The minimum Gasteiger partial charge on any atom is -0.497 e. The second kappa shape index (κ2) is 8.95. The number of aryl methyl sites for hydroxylation is 1. The Labute approximate surface area is 171 Å². The number of carboxylic acids is 1. The van der Waals surface area contributed by atoms with Gasteiger partial charge in [-0.2, -0.15) is 0 Å². The van der Waals surface area contributed by atoms with Gasteiger partial charge < -0.3 is 15.2 Å². The fourth-order valence-corrected chi connectivity index (χ4v) is 3.69. The maximum atomic E-state index is 11.6. The first-order valence-electron chi connectivity index (χ1n) is 8.36. The van der Waals surface area contributed by atoms with Crippen molar-refractivity contribution in [3.05, 3.63) is 70.4 Å². The van der Waals surface area contributed by atoms with Crippen molar-refractivity contribution < 1.29 is 14.6 Å². The van der Waals surface area contributed by atoms with Gasteiger partial charge in [0.2, 0.25) is 0 Å². The van der Waals surface area contributed by atoms with Crippen molar-refractivity contribution in [1.29, 1.82) is 0 Å². The molecule has 144 valence electrons. The first-order chi connectivity index (χ1) is 13.5. The lowest BCUT2D eigenvalue weighted by Crippen LogP contribution is -2.05. The second-order valence-corrected chi connectivity index (χ2v) is 7.25. The van der Waals surface area contributed by atoms with Crippen molar-refractivity contribution in [3.8, 4) is 5.75 Å². The monoisotopic (exact) mass is 415 g/mol. The topological polar surface area (TPSA) is 84.3 Å².